The number of hydrogen-bond donors (Lipinski definition) is 1. The fourth-order valence-corrected chi connectivity index (χ4v) is 1.86. The summed E-state index contributed by atoms with van der Waals surface area (Å²) in [5.74, 6) is 0.763. The van der Waals surface area contributed by atoms with Gasteiger partial charge in [0, 0.05) is 18.7 Å². The molecule has 0 radical (unpaired) electrons. The van der Waals surface area contributed by atoms with E-state index in [1.807, 2.05) is 18.7 Å². The molecule has 0 fully saturated rings. The Morgan fingerprint density at radius 3 is 2.81 bits per heavy atom. The smallest absolute Gasteiger partial charge is 0.248 e. The predicted molar refractivity (Wildman–Crippen MR) is 77.9 cm³/mol. The van der Waals surface area contributed by atoms with Crippen LogP contribution in [-0.4, -0.2) is 34.1 Å². The lowest BCUT2D eigenvalue weighted by atomic mass is 10.2. The minimum Gasteiger partial charge on any atom is -0.370 e. The zero-order valence-corrected chi connectivity index (χ0v) is 12.1. The van der Waals surface area contributed by atoms with Gasteiger partial charge in [0.2, 0.25) is 11.7 Å². The number of benzene rings is 1. The second-order valence-corrected chi connectivity index (χ2v) is 4.37. The van der Waals surface area contributed by atoms with E-state index >= 15 is 0 Å². The van der Waals surface area contributed by atoms with Gasteiger partial charge in [-0.25, -0.2) is 9.38 Å². The van der Waals surface area contributed by atoms with E-state index < -0.39 is 0 Å². The van der Waals surface area contributed by atoms with Gasteiger partial charge in [0.25, 0.3) is 0 Å². The first-order chi connectivity index (χ1) is 10.1. The van der Waals surface area contributed by atoms with Crippen LogP contribution >= 0.6 is 0 Å². The normalized spacial score (nSPS) is 11.7. The van der Waals surface area contributed by atoms with E-state index in [-0.39, 0.29) is 12.4 Å². The van der Waals surface area contributed by atoms with E-state index in [2.05, 4.69) is 15.1 Å². The molecule has 0 saturated heterocycles. The second-order valence-electron chi connectivity index (χ2n) is 4.37. The maximum absolute atomic E-state index is 13.2. The number of guanidine groups is 1. The van der Waals surface area contributed by atoms with E-state index in [4.69, 9.17) is 10.3 Å². The van der Waals surface area contributed by atoms with Gasteiger partial charge in [0.1, 0.15) is 12.4 Å². The molecule has 2 N–H and O–H groups in total. The Balaban J connectivity index is 2.09. The quantitative estimate of drug-likeness (QED) is 0.673. The maximum atomic E-state index is 13.2. The van der Waals surface area contributed by atoms with Gasteiger partial charge in [0.05, 0.1) is 0 Å². The maximum Gasteiger partial charge on any atom is 0.248 e. The first-order valence-corrected chi connectivity index (χ1v) is 6.77. The number of hydrogen-bond acceptors (Lipinski definition) is 4. The highest BCUT2D eigenvalue weighted by molar-refractivity contribution is 5.77. The Morgan fingerprint density at radius 1 is 1.38 bits per heavy atom. The molecule has 2 aromatic rings. The Bertz CT molecular complexity index is 621. The minimum absolute atomic E-state index is 0.199. The fraction of sp³-hybridized carbons (Fsp3) is 0.357. The molecule has 0 amide bonds. The number of aromatic nitrogens is 2. The van der Waals surface area contributed by atoms with Crippen molar-refractivity contribution in [3.05, 3.63) is 36.0 Å². The second kappa shape index (κ2) is 6.83. The van der Waals surface area contributed by atoms with Crippen molar-refractivity contribution in [2.45, 2.75) is 20.4 Å². The lowest BCUT2D eigenvalue weighted by Gasteiger charge is -2.18. The third-order valence-corrected chi connectivity index (χ3v) is 3.01. The molecule has 0 unspecified atom stereocenters. The van der Waals surface area contributed by atoms with Gasteiger partial charge in [-0.05, 0) is 26.0 Å². The fourth-order valence-electron chi connectivity index (χ4n) is 1.86. The van der Waals surface area contributed by atoms with Crippen LogP contribution in [0.3, 0.4) is 0 Å². The summed E-state index contributed by atoms with van der Waals surface area (Å²) < 4.78 is 18.2. The van der Waals surface area contributed by atoms with Crippen molar-refractivity contribution in [1.82, 2.24) is 15.0 Å². The summed E-state index contributed by atoms with van der Waals surface area (Å²) in [6, 6.07) is 6.02. The van der Waals surface area contributed by atoms with Gasteiger partial charge in [-0.2, -0.15) is 4.98 Å². The van der Waals surface area contributed by atoms with E-state index in [1.54, 1.807) is 12.1 Å². The first-order valence-electron chi connectivity index (χ1n) is 6.77. The first kappa shape index (κ1) is 15.0. The number of nitrogens with zero attached hydrogens (tertiary/aromatic N) is 4. The molecule has 1 aromatic heterocycles. The summed E-state index contributed by atoms with van der Waals surface area (Å²) >= 11 is 0. The summed E-state index contributed by atoms with van der Waals surface area (Å²) in [6.45, 7) is 5.76. The van der Waals surface area contributed by atoms with Gasteiger partial charge < -0.3 is 15.2 Å². The van der Waals surface area contributed by atoms with Crippen molar-refractivity contribution >= 4 is 5.96 Å². The lowest BCUT2D eigenvalue weighted by Crippen LogP contribution is -2.37. The molecule has 0 saturated carbocycles. The average Bonchev–Trinajstić information content (AvgIpc) is 2.95. The van der Waals surface area contributed by atoms with Crippen molar-refractivity contribution in [3.63, 3.8) is 0 Å². The largest absolute Gasteiger partial charge is 0.370 e. The number of nitrogens with two attached hydrogens (primary N) is 1. The zero-order valence-electron chi connectivity index (χ0n) is 12.1. The van der Waals surface area contributed by atoms with Crippen LogP contribution in [0.15, 0.2) is 33.8 Å². The summed E-state index contributed by atoms with van der Waals surface area (Å²) in [5, 5.41) is 3.81. The summed E-state index contributed by atoms with van der Waals surface area (Å²) in [5.41, 5.74) is 6.42. The molecular formula is C14H18FN5O. The van der Waals surface area contributed by atoms with Crippen molar-refractivity contribution in [1.29, 1.82) is 0 Å². The van der Waals surface area contributed by atoms with Crippen LogP contribution in [0.25, 0.3) is 11.4 Å². The summed E-state index contributed by atoms with van der Waals surface area (Å²) in [7, 11) is 0. The highest BCUT2D eigenvalue weighted by atomic mass is 19.1. The van der Waals surface area contributed by atoms with Crippen molar-refractivity contribution < 1.29 is 8.91 Å². The SMILES string of the molecule is CCN(CC)C(N)=NCc1nc(-c2cccc(F)c2)no1. The van der Waals surface area contributed by atoms with E-state index in [9.17, 15) is 4.39 Å². The van der Waals surface area contributed by atoms with Crippen molar-refractivity contribution in [2.24, 2.45) is 10.7 Å². The lowest BCUT2D eigenvalue weighted by molar-refractivity contribution is 0.379. The van der Waals surface area contributed by atoms with Crippen LogP contribution < -0.4 is 5.73 Å². The van der Waals surface area contributed by atoms with E-state index in [0.29, 0.717) is 23.2 Å². The van der Waals surface area contributed by atoms with Crippen LogP contribution in [0.2, 0.25) is 0 Å². The molecule has 0 spiro atoms. The molecule has 0 aliphatic carbocycles. The molecule has 0 aliphatic rings. The van der Waals surface area contributed by atoms with Crippen LogP contribution in [0.1, 0.15) is 19.7 Å². The van der Waals surface area contributed by atoms with Gasteiger partial charge in [0.15, 0.2) is 5.96 Å². The Labute approximate surface area is 122 Å². The third-order valence-electron chi connectivity index (χ3n) is 3.01. The Kier molecular flexibility index (Phi) is 4.86. The predicted octanol–water partition coefficient (Wildman–Crippen LogP) is 2.03. The highest BCUT2D eigenvalue weighted by Crippen LogP contribution is 2.16. The standard InChI is InChI=1S/C14H18FN5O/c1-3-20(4-2)14(16)17-9-12-18-13(19-21-12)10-6-5-7-11(15)8-10/h5-8H,3-4,9H2,1-2H3,(H2,16,17). The molecule has 6 nitrogen and oxygen atoms in total. The molecule has 21 heavy (non-hydrogen) atoms. The summed E-state index contributed by atoms with van der Waals surface area (Å²) in [4.78, 5) is 10.3. The zero-order chi connectivity index (χ0) is 15.2. The van der Waals surface area contributed by atoms with Crippen molar-refractivity contribution in [2.75, 3.05) is 13.1 Å². The Hall–Kier alpha value is -2.44. The molecule has 1 heterocycles. The van der Waals surface area contributed by atoms with E-state index in [0.717, 1.165) is 13.1 Å². The third kappa shape index (κ3) is 3.77. The van der Waals surface area contributed by atoms with Gasteiger partial charge in [-0.15, -0.1) is 0 Å². The van der Waals surface area contributed by atoms with Crippen molar-refractivity contribution in [3.8, 4) is 11.4 Å². The van der Waals surface area contributed by atoms with Crippen LogP contribution in [0.5, 0.6) is 0 Å². The topological polar surface area (TPSA) is 80.5 Å². The minimum atomic E-state index is -0.345. The molecular weight excluding hydrogens is 273 g/mol. The molecule has 0 bridgehead atoms. The molecule has 1 aromatic carbocycles. The molecule has 0 atom stereocenters. The molecule has 112 valence electrons. The molecule has 2 rings (SSSR count). The molecule has 0 aliphatic heterocycles. The van der Waals surface area contributed by atoms with Gasteiger partial charge >= 0.3 is 0 Å². The summed E-state index contributed by atoms with van der Waals surface area (Å²) in [6.07, 6.45) is 0. The Morgan fingerprint density at radius 2 is 2.14 bits per heavy atom. The number of rotatable bonds is 5. The van der Waals surface area contributed by atoms with Crippen LogP contribution in [0.4, 0.5) is 4.39 Å². The average molecular weight is 291 g/mol. The van der Waals surface area contributed by atoms with Gasteiger partial charge in [-0.1, -0.05) is 17.3 Å². The van der Waals surface area contributed by atoms with Crippen LogP contribution in [0, 0.1) is 5.82 Å². The van der Waals surface area contributed by atoms with Gasteiger partial charge in [-0.3, -0.25) is 0 Å². The number of aliphatic imine (C=N–C) groups is 1. The monoisotopic (exact) mass is 291 g/mol. The molecule has 7 heteroatoms. The number of halogens is 1. The highest BCUT2D eigenvalue weighted by Gasteiger charge is 2.09. The van der Waals surface area contributed by atoms with E-state index in [1.165, 1.54) is 12.1 Å². The van der Waals surface area contributed by atoms with Crippen LogP contribution in [-0.2, 0) is 6.54 Å².